The maximum Gasteiger partial charge on any atom is 0.410 e. The molecule has 1 aromatic carbocycles. The van der Waals surface area contributed by atoms with E-state index in [-0.39, 0.29) is 18.0 Å². The van der Waals surface area contributed by atoms with Crippen molar-refractivity contribution in [3.8, 4) is 0 Å². The molecule has 1 saturated heterocycles. The fourth-order valence-corrected chi connectivity index (χ4v) is 3.94. The average molecular weight is 438 g/mol. The number of halogens is 1. The average Bonchev–Trinajstić information content (AvgIpc) is 2.60. The van der Waals surface area contributed by atoms with Crippen LogP contribution in [0.3, 0.4) is 0 Å². The van der Waals surface area contributed by atoms with Crippen LogP contribution in [0.25, 0.3) is 0 Å². The first-order valence-electron chi connectivity index (χ1n) is 10.7. The molecule has 1 aromatic rings. The molecule has 1 aliphatic rings. The van der Waals surface area contributed by atoms with Gasteiger partial charge in [0.2, 0.25) is 5.91 Å². The lowest BCUT2D eigenvalue weighted by Crippen LogP contribution is -2.48. The number of carbonyl (C=O) groups excluding carboxylic acids is 2. The summed E-state index contributed by atoms with van der Waals surface area (Å²) in [5.74, 6) is 0.235. The Morgan fingerprint density at radius 3 is 2.63 bits per heavy atom. The van der Waals surface area contributed by atoms with Crippen molar-refractivity contribution in [2.75, 3.05) is 31.5 Å². The van der Waals surface area contributed by atoms with Crippen LogP contribution in [-0.2, 0) is 9.53 Å². The number of carbonyl (C=O) groups is 2. The van der Waals surface area contributed by atoms with Gasteiger partial charge in [0.1, 0.15) is 5.60 Å². The molecule has 0 radical (unpaired) electrons. The summed E-state index contributed by atoms with van der Waals surface area (Å²) in [6.07, 6.45) is 1.76. The molecular weight excluding hydrogens is 402 g/mol. The monoisotopic (exact) mass is 437 g/mol. The summed E-state index contributed by atoms with van der Waals surface area (Å²) in [4.78, 5) is 29.1. The number of nitrogens with one attached hydrogen (secondary N) is 1. The molecule has 30 heavy (non-hydrogen) atoms. The first-order chi connectivity index (χ1) is 13.9. The van der Waals surface area contributed by atoms with E-state index in [1.54, 1.807) is 4.90 Å². The first kappa shape index (κ1) is 24.5. The van der Waals surface area contributed by atoms with E-state index in [9.17, 15) is 9.59 Å². The standard InChI is InChI=1S/C23H36ClN3O3/c1-16(2)27(22(29)30-23(4,5)6)14-18-8-7-11-26(13-18)15-21(28)25-20-10-9-17(3)12-19(20)24/h9-10,12,16,18H,7-8,11,13-15H2,1-6H3,(H,25,28). The maximum absolute atomic E-state index is 12.6. The smallest absolute Gasteiger partial charge is 0.410 e. The fraction of sp³-hybridized carbons (Fsp3) is 0.652. The number of benzene rings is 1. The highest BCUT2D eigenvalue weighted by molar-refractivity contribution is 6.33. The molecule has 2 amide bonds. The molecule has 0 aliphatic carbocycles. The Morgan fingerprint density at radius 2 is 2.03 bits per heavy atom. The molecule has 1 atom stereocenters. The lowest BCUT2D eigenvalue weighted by Gasteiger charge is -2.37. The van der Waals surface area contributed by atoms with Crippen LogP contribution in [0.4, 0.5) is 10.5 Å². The second-order valence-electron chi connectivity index (χ2n) is 9.50. The Balaban J connectivity index is 1.92. The van der Waals surface area contributed by atoms with E-state index in [0.717, 1.165) is 31.5 Å². The molecule has 1 unspecified atom stereocenters. The zero-order chi connectivity index (χ0) is 22.5. The highest BCUT2D eigenvalue weighted by Gasteiger charge is 2.29. The van der Waals surface area contributed by atoms with Gasteiger partial charge in [0, 0.05) is 19.1 Å². The van der Waals surface area contributed by atoms with E-state index in [2.05, 4.69) is 10.2 Å². The quantitative estimate of drug-likeness (QED) is 0.684. The van der Waals surface area contributed by atoms with Crippen molar-refractivity contribution in [2.45, 2.75) is 66.0 Å². The van der Waals surface area contributed by atoms with Crippen molar-refractivity contribution in [2.24, 2.45) is 5.92 Å². The summed E-state index contributed by atoms with van der Waals surface area (Å²) in [6, 6.07) is 5.65. The third-order valence-corrected chi connectivity index (χ3v) is 5.39. The molecule has 168 valence electrons. The van der Waals surface area contributed by atoms with E-state index in [1.165, 1.54) is 0 Å². The summed E-state index contributed by atoms with van der Waals surface area (Å²) in [5.41, 5.74) is 1.17. The van der Waals surface area contributed by atoms with Gasteiger partial charge in [0.15, 0.2) is 0 Å². The number of nitrogens with zero attached hydrogens (tertiary/aromatic N) is 2. The second kappa shape index (κ2) is 10.5. The van der Waals surface area contributed by atoms with Gasteiger partial charge in [-0.05, 0) is 84.5 Å². The van der Waals surface area contributed by atoms with Gasteiger partial charge in [-0.1, -0.05) is 17.7 Å². The fourth-order valence-electron chi connectivity index (χ4n) is 3.65. The van der Waals surface area contributed by atoms with Crippen LogP contribution in [0.1, 0.15) is 53.0 Å². The van der Waals surface area contributed by atoms with Gasteiger partial charge in [-0.25, -0.2) is 4.79 Å². The SMILES string of the molecule is Cc1ccc(NC(=O)CN2CCCC(CN(C(=O)OC(C)(C)C)C(C)C)C2)c(Cl)c1. The highest BCUT2D eigenvalue weighted by Crippen LogP contribution is 2.24. The molecule has 0 bridgehead atoms. The Morgan fingerprint density at radius 1 is 1.33 bits per heavy atom. The van der Waals surface area contributed by atoms with Gasteiger partial charge in [-0.2, -0.15) is 0 Å². The van der Waals surface area contributed by atoms with E-state index in [0.29, 0.717) is 29.7 Å². The minimum atomic E-state index is -0.516. The molecule has 1 N–H and O–H groups in total. The lowest BCUT2D eigenvalue weighted by molar-refractivity contribution is -0.117. The van der Waals surface area contributed by atoms with Gasteiger partial charge in [-0.15, -0.1) is 0 Å². The van der Waals surface area contributed by atoms with E-state index >= 15 is 0 Å². The van der Waals surface area contributed by atoms with Crippen LogP contribution in [0.2, 0.25) is 5.02 Å². The Hall–Kier alpha value is -1.79. The van der Waals surface area contributed by atoms with Crippen molar-refractivity contribution in [3.05, 3.63) is 28.8 Å². The molecular formula is C23H36ClN3O3. The van der Waals surface area contributed by atoms with Crippen molar-refractivity contribution < 1.29 is 14.3 Å². The van der Waals surface area contributed by atoms with Crippen LogP contribution < -0.4 is 5.32 Å². The predicted octanol–water partition coefficient (Wildman–Crippen LogP) is 4.94. The van der Waals surface area contributed by atoms with Crippen molar-refractivity contribution in [1.29, 1.82) is 0 Å². The number of ether oxygens (including phenoxy) is 1. The van der Waals surface area contributed by atoms with Crippen LogP contribution in [0, 0.1) is 12.8 Å². The number of amides is 2. The highest BCUT2D eigenvalue weighted by atomic mass is 35.5. The molecule has 2 rings (SSSR count). The van der Waals surface area contributed by atoms with Crippen molar-refractivity contribution in [1.82, 2.24) is 9.80 Å². The molecule has 0 saturated carbocycles. The van der Waals surface area contributed by atoms with E-state index in [4.69, 9.17) is 16.3 Å². The third-order valence-electron chi connectivity index (χ3n) is 5.08. The number of piperidine rings is 1. The zero-order valence-corrected chi connectivity index (χ0v) is 19.9. The van der Waals surface area contributed by atoms with Crippen LogP contribution in [-0.4, -0.2) is 59.6 Å². The minimum Gasteiger partial charge on any atom is -0.444 e. The number of hydrogen-bond donors (Lipinski definition) is 1. The van der Waals surface area contributed by atoms with Crippen LogP contribution in [0.5, 0.6) is 0 Å². The van der Waals surface area contributed by atoms with Gasteiger partial charge >= 0.3 is 6.09 Å². The molecule has 0 spiro atoms. The lowest BCUT2D eigenvalue weighted by atomic mass is 9.97. The molecule has 1 heterocycles. The largest absolute Gasteiger partial charge is 0.444 e. The number of rotatable bonds is 6. The maximum atomic E-state index is 12.6. The Labute approximate surface area is 185 Å². The van der Waals surface area contributed by atoms with Crippen molar-refractivity contribution >= 4 is 29.3 Å². The topological polar surface area (TPSA) is 61.9 Å². The number of hydrogen-bond acceptors (Lipinski definition) is 4. The molecule has 1 aliphatic heterocycles. The molecule has 6 nitrogen and oxygen atoms in total. The Kier molecular flexibility index (Phi) is 8.56. The van der Waals surface area contributed by atoms with E-state index in [1.807, 2.05) is 59.7 Å². The van der Waals surface area contributed by atoms with Gasteiger partial charge < -0.3 is 15.0 Å². The van der Waals surface area contributed by atoms with Crippen LogP contribution in [0.15, 0.2) is 18.2 Å². The summed E-state index contributed by atoms with van der Waals surface area (Å²) < 4.78 is 5.58. The zero-order valence-electron chi connectivity index (χ0n) is 19.1. The predicted molar refractivity (Wildman–Crippen MR) is 122 cm³/mol. The van der Waals surface area contributed by atoms with Crippen LogP contribution >= 0.6 is 11.6 Å². The summed E-state index contributed by atoms with van der Waals surface area (Å²) >= 11 is 6.22. The molecule has 7 heteroatoms. The molecule has 0 aromatic heterocycles. The molecule has 1 fully saturated rings. The number of aryl methyl sites for hydroxylation is 1. The third kappa shape index (κ3) is 7.80. The summed E-state index contributed by atoms with van der Waals surface area (Å²) in [5, 5.41) is 3.45. The number of likely N-dealkylation sites (tertiary alicyclic amines) is 1. The Bertz CT molecular complexity index is 746. The summed E-state index contributed by atoms with van der Waals surface area (Å²) in [6.45, 7) is 14.2. The number of anilines is 1. The first-order valence-corrected chi connectivity index (χ1v) is 11.1. The van der Waals surface area contributed by atoms with Crippen molar-refractivity contribution in [3.63, 3.8) is 0 Å². The second-order valence-corrected chi connectivity index (χ2v) is 9.91. The normalized spacial score (nSPS) is 17.7. The minimum absolute atomic E-state index is 0.0576. The summed E-state index contributed by atoms with van der Waals surface area (Å²) in [7, 11) is 0. The van der Waals surface area contributed by atoms with E-state index < -0.39 is 5.60 Å². The van der Waals surface area contributed by atoms with Gasteiger partial charge in [-0.3, -0.25) is 9.69 Å². The van der Waals surface area contributed by atoms with Gasteiger partial charge in [0.05, 0.1) is 17.3 Å². The van der Waals surface area contributed by atoms with Gasteiger partial charge in [0.25, 0.3) is 0 Å².